The number of hydrogen-bond acceptors (Lipinski definition) is 4. The second kappa shape index (κ2) is 8.08. The van der Waals surface area contributed by atoms with Gasteiger partial charge < -0.3 is 10.4 Å². The molecule has 0 saturated heterocycles. The molecule has 32 heavy (non-hydrogen) atoms. The number of carboxylic acids is 1. The zero-order chi connectivity index (χ0) is 22.2. The molecule has 2 aromatic carbocycles. The minimum atomic E-state index is -0.940. The number of nitrogens with zero attached hydrogens (tertiary/aromatic N) is 2. The highest BCUT2D eigenvalue weighted by Gasteiger charge is 2.25. The summed E-state index contributed by atoms with van der Waals surface area (Å²) in [5.41, 5.74) is 6.27. The van der Waals surface area contributed by atoms with Crippen LogP contribution in [0.15, 0.2) is 67.0 Å². The highest BCUT2D eigenvalue weighted by Crippen LogP contribution is 2.40. The predicted octanol–water partition coefficient (Wildman–Crippen LogP) is 6.35. The number of aromatic nitrogens is 2. The van der Waals surface area contributed by atoms with Gasteiger partial charge in [0.1, 0.15) is 0 Å². The summed E-state index contributed by atoms with van der Waals surface area (Å²) in [5, 5.41) is 15.1. The Morgan fingerprint density at radius 3 is 2.69 bits per heavy atom. The van der Waals surface area contributed by atoms with Gasteiger partial charge in [0.2, 0.25) is 0 Å². The summed E-state index contributed by atoms with van der Waals surface area (Å²) in [6.45, 7) is 4.13. The van der Waals surface area contributed by atoms with E-state index in [9.17, 15) is 9.90 Å². The highest BCUT2D eigenvalue weighted by molar-refractivity contribution is 5.94. The van der Waals surface area contributed by atoms with Crippen molar-refractivity contribution in [3.05, 3.63) is 89.4 Å². The maximum absolute atomic E-state index is 11.6. The van der Waals surface area contributed by atoms with E-state index >= 15 is 0 Å². The van der Waals surface area contributed by atoms with Gasteiger partial charge >= 0.3 is 5.97 Å². The van der Waals surface area contributed by atoms with Crippen LogP contribution in [0.5, 0.6) is 0 Å². The zero-order valence-electron chi connectivity index (χ0n) is 18.2. The Morgan fingerprint density at radius 1 is 1.09 bits per heavy atom. The minimum absolute atomic E-state index is 0.0902. The number of aryl methyl sites for hydroxylation is 1. The molecule has 2 N–H and O–H groups in total. The van der Waals surface area contributed by atoms with Gasteiger partial charge in [-0.05, 0) is 74.0 Å². The van der Waals surface area contributed by atoms with E-state index in [2.05, 4.69) is 48.4 Å². The standard InChI is InChI=1S/C27H25N3O2/c1-16-11-20-15-29-26(19-9-10-28-25(13-19)18-7-8-18)14-23(20)22(12-16)17(2)30-24-6-4-3-5-21(24)27(31)32/h3-6,9-15,17-18,30H,7-8H2,1-2H3,(H,31,32). The topological polar surface area (TPSA) is 75.1 Å². The maximum Gasteiger partial charge on any atom is 0.337 e. The minimum Gasteiger partial charge on any atom is -0.478 e. The summed E-state index contributed by atoms with van der Waals surface area (Å²) in [7, 11) is 0. The van der Waals surface area contributed by atoms with Gasteiger partial charge in [0.15, 0.2) is 0 Å². The maximum atomic E-state index is 11.6. The summed E-state index contributed by atoms with van der Waals surface area (Å²) >= 11 is 0. The first-order valence-electron chi connectivity index (χ1n) is 10.9. The first kappa shape index (κ1) is 20.2. The average molecular weight is 424 g/mol. The molecule has 0 bridgehead atoms. The SMILES string of the molecule is Cc1cc(C(C)Nc2ccccc2C(=O)O)c2cc(-c3ccnc(C4CC4)c3)ncc2c1. The fourth-order valence-electron chi connectivity index (χ4n) is 4.27. The van der Waals surface area contributed by atoms with Crippen molar-refractivity contribution in [2.45, 2.75) is 38.6 Å². The molecule has 0 spiro atoms. The number of hydrogen-bond donors (Lipinski definition) is 2. The molecule has 1 fully saturated rings. The molecule has 5 rings (SSSR count). The fourth-order valence-corrected chi connectivity index (χ4v) is 4.27. The zero-order valence-corrected chi connectivity index (χ0v) is 18.2. The first-order chi connectivity index (χ1) is 15.5. The van der Waals surface area contributed by atoms with E-state index in [1.54, 1.807) is 18.2 Å². The van der Waals surface area contributed by atoms with Crippen molar-refractivity contribution in [1.82, 2.24) is 9.97 Å². The number of nitrogens with one attached hydrogen (secondary N) is 1. The monoisotopic (exact) mass is 423 g/mol. The molecule has 2 aromatic heterocycles. The Morgan fingerprint density at radius 2 is 1.91 bits per heavy atom. The molecule has 160 valence electrons. The predicted molar refractivity (Wildman–Crippen MR) is 127 cm³/mol. The van der Waals surface area contributed by atoms with Gasteiger partial charge in [-0.25, -0.2) is 4.79 Å². The quantitative estimate of drug-likeness (QED) is 0.378. The van der Waals surface area contributed by atoms with E-state index in [0.717, 1.165) is 38.9 Å². The number of anilines is 1. The number of aromatic carboxylic acids is 1. The molecule has 1 aliphatic carbocycles. The van der Waals surface area contributed by atoms with Crippen LogP contribution in [0.4, 0.5) is 5.69 Å². The van der Waals surface area contributed by atoms with E-state index in [-0.39, 0.29) is 11.6 Å². The molecule has 5 nitrogen and oxygen atoms in total. The molecule has 0 radical (unpaired) electrons. The van der Waals surface area contributed by atoms with Crippen LogP contribution in [0.2, 0.25) is 0 Å². The van der Waals surface area contributed by atoms with E-state index in [0.29, 0.717) is 11.6 Å². The summed E-state index contributed by atoms with van der Waals surface area (Å²) in [6, 6.07) is 17.5. The molecule has 1 atom stereocenters. The van der Waals surface area contributed by atoms with E-state index < -0.39 is 5.97 Å². The van der Waals surface area contributed by atoms with Crippen LogP contribution < -0.4 is 5.32 Å². The number of fused-ring (bicyclic) bond motifs is 1. The number of pyridine rings is 2. The number of carbonyl (C=O) groups is 1. The molecular weight excluding hydrogens is 398 g/mol. The van der Waals surface area contributed by atoms with Gasteiger partial charge in [-0.1, -0.05) is 23.8 Å². The van der Waals surface area contributed by atoms with Gasteiger partial charge in [-0.2, -0.15) is 0 Å². The lowest BCUT2D eigenvalue weighted by atomic mass is 9.96. The molecule has 1 unspecified atom stereocenters. The van der Waals surface area contributed by atoms with Crippen molar-refractivity contribution < 1.29 is 9.90 Å². The number of benzene rings is 2. The molecule has 0 amide bonds. The first-order valence-corrected chi connectivity index (χ1v) is 10.9. The molecule has 0 aliphatic heterocycles. The van der Waals surface area contributed by atoms with Gasteiger partial charge in [-0.15, -0.1) is 0 Å². The Bertz CT molecular complexity index is 1330. The van der Waals surface area contributed by atoms with E-state index in [1.165, 1.54) is 12.8 Å². The third kappa shape index (κ3) is 3.94. The molecule has 5 heteroatoms. The van der Waals surface area contributed by atoms with E-state index in [4.69, 9.17) is 4.98 Å². The third-order valence-electron chi connectivity index (χ3n) is 6.08. The van der Waals surface area contributed by atoms with Crippen LogP contribution in [0.3, 0.4) is 0 Å². The lowest BCUT2D eigenvalue weighted by molar-refractivity contribution is 0.0698. The summed E-state index contributed by atoms with van der Waals surface area (Å²) in [4.78, 5) is 20.9. The largest absolute Gasteiger partial charge is 0.478 e. The van der Waals surface area contributed by atoms with Crippen LogP contribution in [-0.4, -0.2) is 21.0 Å². The van der Waals surface area contributed by atoms with Crippen LogP contribution >= 0.6 is 0 Å². The van der Waals surface area contributed by atoms with Crippen molar-refractivity contribution in [2.75, 3.05) is 5.32 Å². The van der Waals surface area contributed by atoms with Gasteiger partial charge in [-0.3, -0.25) is 9.97 Å². The number of carboxylic acid groups (broad SMARTS) is 1. The number of rotatable bonds is 6. The van der Waals surface area contributed by atoms with Crippen molar-refractivity contribution >= 4 is 22.4 Å². The van der Waals surface area contributed by atoms with Gasteiger partial charge in [0.05, 0.1) is 11.3 Å². The molecule has 4 aromatic rings. The van der Waals surface area contributed by atoms with Crippen LogP contribution in [-0.2, 0) is 0 Å². The Hall–Kier alpha value is -3.73. The lowest BCUT2D eigenvalue weighted by Crippen LogP contribution is -2.11. The molecular formula is C27H25N3O2. The van der Waals surface area contributed by atoms with E-state index in [1.807, 2.05) is 24.5 Å². The normalized spacial score (nSPS) is 14.3. The van der Waals surface area contributed by atoms with Gasteiger partial charge in [0, 0.05) is 46.7 Å². The molecule has 1 saturated carbocycles. The second-order valence-corrected chi connectivity index (χ2v) is 8.61. The number of para-hydroxylation sites is 1. The van der Waals surface area contributed by atoms with Crippen molar-refractivity contribution in [3.8, 4) is 11.3 Å². The van der Waals surface area contributed by atoms with Gasteiger partial charge in [0.25, 0.3) is 0 Å². The second-order valence-electron chi connectivity index (χ2n) is 8.61. The fraction of sp³-hybridized carbons (Fsp3) is 0.222. The highest BCUT2D eigenvalue weighted by atomic mass is 16.4. The summed E-state index contributed by atoms with van der Waals surface area (Å²) in [6.07, 6.45) is 6.23. The Labute approximate surface area is 187 Å². The van der Waals surface area contributed by atoms with Crippen molar-refractivity contribution in [1.29, 1.82) is 0 Å². The van der Waals surface area contributed by atoms with Crippen molar-refractivity contribution in [2.24, 2.45) is 0 Å². The summed E-state index contributed by atoms with van der Waals surface area (Å²) < 4.78 is 0. The van der Waals surface area contributed by atoms with Crippen LogP contribution in [0.1, 0.15) is 58.9 Å². The third-order valence-corrected chi connectivity index (χ3v) is 6.08. The van der Waals surface area contributed by atoms with Crippen LogP contribution in [0.25, 0.3) is 22.0 Å². The molecule has 1 aliphatic rings. The summed E-state index contributed by atoms with van der Waals surface area (Å²) in [5.74, 6) is -0.350. The molecule has 2 heterocycles. The lowest BCUT2D eigenvalue weighted by Gasteiger charge is -2.20. The Kier molecular flexibility index (Phi) is 5.10. The smallest absolute Gasteiger partial charge is 0.337 e. The Balaban J connectivity index is 1.56. The average Bonchev–Trinajstić information content (AvgIpc) is 3.64. The van der Waals surface area contributed by atoms with Crippen molar-refractivity contribution in [3.63, 3.8) is 0 Å². The van der Waals surface area contributed by atoms with Crippen LogP contribution in [0, 0.1) is 6.92 Å².